The summed E-state index contributed by atoms with van der Waals surface area (Å²) in [6, 6.07) is 25.0. The first-order chi connectivity index (χ1) is 34.1. The highest BCUT2D eigenvalue weighted by Gasteiger charge is 2.20. The minimum absolute atomic E-state index is 0.0328. The van der Waals surface area contributed by atoms with Gasteiger partial charge in [-0.05, 0) is 97.8 Å². The van der Waals surface area contributed by atoms with Gasteiger partial charge < -0.3 is 28.4 Å². The Kier molecular flexibility index (Phi) is 23.9. The first kappa shape index (κ1) is 54.4. The Morgan fingerprint density at radius 2 is 0.671 bits per heavy atom. The fourth-order valence-corrected chi connectivity index (χ4v) is 7.64. The highest BCUT2D eigenvalue weighted by Crippen LogP contribution is 2.26. The Labute approximate surface area is 412 Å². The highest BCUT2D eigenvalue weighted by molar-refractivity contribution is 5.94. The molecule has 0 aliphatic carbocycles. The molecule has 0 amide bonds. The number of unbranched alkanes of at least 4 members (excludes halogenated alkanes) is 18. The molecule has 0 radical (unpaired) electrons. The van der Waals surface area contributed by atoms with Gasteiger partial charge in [0.25, 0.3) is 0 Å². The van der Waals surface area contributed by atoms with Crippen molar-refractivity contribution in [2.45, 2.75) is 142 Å². The van der Waals surface area contributed by atoms with Crippen molar-refractivity contribution in [3.8, 4) is 34.5 Å². The molecule has 0 saturated carbocycles. The Bertz CT molecular complexity index is 2380. The maximum Gasteiger partial charge on any atom is 0.346 e. The molecule has 0 unspecified atom stereocenters. The van der Waals surface area contributed by atoms with Crippen LogP contribution in [0.25, 0.3) is 0 Å². The summed E-state index contributed by atoms with van der Waals surface area (Å²) < 4.78 is 63.1. The van der Waals surface area contributed by atoms with E-state index in [4.69, 9.17) is 28.4 Å². The second-order valence-corrected chi connectivity index (χ2v) is 17.4. The van der Waals surface area contributed by atoms with E-state index in [-0.39, 0.29) is 39.9 Å². The summed E-state index contributed by atoms with van der Waals surface area (Å²) >= 11 is 0. The number of ether oxygens (including phenoxy) is 6. The van der Waals surface area contributed by atoms with Crippen LogP contribution in [0.3, 0.4) is 0 Å². The van der Waals surface area contributed by atoms with Crippen LogP contribution in [0.4, 0.5) is 8.78 Å². The number of benzene rings is 5. The molecule has 0 aliphatic heterocycles. The smallest absolute Gasteiger partial charge is 0.346 e. The van der Waals surface area contributed by atoms with Gasteiger partial charge in [-0.25, -0.2) is 28.0 Å². The van der Waals surface area contributed by atoms with E-state index >= 15 is 4.39 Å². The Balaban J connectivity index is 1.01. The van der Waals surface area contributed by atoms with Gasteiger partial charge in [0.15, 0.2) is 0 Å². The van der Waals surface area contributed by atoms with Crippen molar-refractivity contribution in [3.63, 3.8) is 0 Å². The standard InChI is InChI=1S/C58H68F2O10/c1-3-5-7-9-11-13-15-17-19-21-38-65-45-30-26-43(27-31-45)55(61)67-46-32-28-44(29-33-46)56(62)68-48-24-23-25-49(40-48)69-57(63)52-37-35-50(42-54(52)60)70-58(64)51-36-34-47(41-53(51)59)66-39-22-20-18-16-14-12-10-8-6-4-2/h23-37,40-42H,3-22,38-39H2,1-2H3. The molecule has 5 aromatic carbocycles. The van der Waals surface area contributed by atoms with Gasteiger partial charge >= 0.3 is 23.9 Å². The molecule has 374 valence electrons. The lowest BCUT2D eigenvalue weighted by atomic mass is 10.1. The predicted molar refractivity (Wildman–Crippen MR) is 267 cm³/mol. The molecule has 0 atom stereocenters. The fourth-order valence-electron chi connectivity index (χ4n) is 7.64. The minimum Gasteiger partial charge on any atom is -0.494 e. The second kappa shape index (κ2) is 30.8. The van der Waals surface area contributed by atoms with Crippen LogP contribution < -0.4 is 28.4 Å². The van der Waals surface area contributed by atoms with Gasteiger partial charge in [0, 0.05) is 18.2 Å². The lowest BCUT2D eigenvalue weighted by Gasteiger charge is -2.10. The predicted octanol–water partition coefficient (Wildman–Crippen LogP) is 15.4. The summed E-state index contributed by atoms with van der Waals surface area (Å²) in [6.07, 6.45) is 24.3. The lowest BCUT2D eigenvalue weighted by Crippen LogP contribution is -2.13. The zero-order valence-corrected chi connectivity index (χ0v) is 40.8. The molecule has 5 rings (SSSR count). The van der Waals surface area contributed by atoms with Gasteiger partial charge in [0.2, 0.25) is 0 Å². The second-order valence-electron chi connectivity index (χ2n) is 17.4. The third-order valence-corrected chi connectivity index (χ3v) is 11.7. The van der Waals surface area contributed by atoms with Crippen LogP contribution in [0.5, 0.6) is 34.5 Å². The van der Waals surface area contributed by atoms with Crippen molar-refractivity contribution < 1.29 is 56.4 Å². The van der Waals surface area contributed by atoms with Gasteiger partial charge in [-0.1, -0.05) is 135 Å². The molecule has 12 heteroatoms. The van der Waals surface area contributed by atoms with Crippen LogP contribution in [0.15, 0.2) is 109 Å². The molecule has 0 saturated heterocycles. The Morgan fingerprint density at radius 1 is 0.343 bits per heavy atom. The SMILES string of the molecule is CCCCCCCCCCCCOc1ccc(C(=O)Oc2ccc(C(=O)Oc3cccc(OC(=O)c4ccc(OC(=O)c5ccc(OCCCCCCCCCCCC)cc5F)cc4F)c3)cc2)cc1. The molecule has 0 aliphatic rings. The van der Waals surface area contributed by atoms with Gasteiger partial charge in [-0.2, -0.15) is 0 Å². The van der Waals surface area contributed by atoms with E-state index in [2.05, 4.69) is 13.8 Å². The molecule has 0 aromatic heterocycles. The molecule has 0 heterocycles. The molecule has 70 heavy (non-hydrogen) atoms. The summed E-state index contributed by atoms with van der Waals surface area (Å²) in [5.41, 5.74) is -0.352. The first-order valence-electron chi connectivity index (χ1n) is 25.2. The topological polar surface area (TPSA) is 124 Å². The molecule has 0 fully saturated rings. The summed E-state index contributed by atoms with van der Waals surface area (Å²) in [4.78, 5) is 51.5. The zero-order chi connectivity index (χ0) is 49.8. The van der Waals surface area contributed by atoms with E-state index in [1.807, 2.05) is 0 Å². The van der Waals surface area contributed by atoms with Crippen molar-refractivity contribution in [3.05, 3.63) is 143 Å². The Hall–Kier alpha value is -6.56. The molecule has 0 bridgehead atoms. The summed E-state index contributed by atoms with van der Waals surface area (Å²) in [5.74, 6) is -4.45. The van der Waals surface area contributed by atoms with Crippen molar-refractivity contribution in [1.82, 2.24) is 0 Å². The Morgan fingerprint density at radius 3 is 1.11 bits per heavy atom. The van der Waals surface area contributed by atoms with Crippen LogP contribution in [-0.4, -0.2) is 37.1 Å². The lowest BCUT2D eigenvalue weighted by molar-refractivity contribution is 0.0719. The van der Waals surface area contributed by atoms with E-state index in [0.29, 0.717) is 24.5 Å². The van der Waals surface area contributed by atoms with Crippen LogP contribution >= 0.6 is 0 Å². The van der Waals surface area contributed by atoms with E-state index in [1.165, 1.54) is 163 Å². The number of esters is 4. The minimum atomic E-state index is -1.08. The fraction of sp³-hybridized carbons (Fsp3) is 0.414. The number of hydrogen-bond acceptors (Lipinski definition) is 10. The van der Waals surface area contributed by atoms with Crippen LogP contribution in [0.1, 0.15) is 184 Å². The average molecular weight is 963 g/mol. The normalized spacial score (nSPS) is 10.9. The van der Waals surface area contributed by atoms with E-state index in [9.17, 15) is 23.6 Å². The third-order valence-electron chi connectivity index (χ3n) is 11.7. The maximum atomic E-state index is 15.1. The van der Waals surface area contributed by atoms with E-state index in [0.717, 1.165) is 50.3 Å². The molecule has 5 aromatic rings. The number of rotatable bonds is 32. The van der Waals surface area contributed by atoms with Gasteiger partial charge in [-0.15, -0.1) is 0 Å². The van der Waals surface area contributed by atoms with Crippen molar-refractivity contribution in [1.29, 1.82) is 0 Å². The highest BCUT2D eigenvalue weighted by atomic mass is 19.1. The number of halogens is 2. The number of hydrogen-bond donors (Lipinski definition) is 0. The molecule has 10 nitrogen and oxygen atoms in total. The quantitative estimate of drug-likeness (QED) is 0.0234. The van der Waals surface area contributed by atoms with E-state index < -0.39 is 41.1 Å². The monoisotopic (exact) mass is 962 g/mol. The molecule has 0 spiro atoms. The molecular formula is C58H68F2O10. The van der Waals surface area contributed by atoms with Crippen LogP contribution in [0.2, 0.25) is 0 Å². The van der Waals surface area contributed by atoms with Crippen LogP contribution in [-0.2, 0) is 0 Å². The average Bonchev–Trinajstić information content (AvgIpc) is 3.35. The number of carbonyl (C=O) groups is 4. The summed E-state index contributed by atoms with van der Waals surface area (Å²) in [5, 5.41) is 0. The van der Waals surface area contributed by atoms with Gasteiger partial charge in [0.05, 0.1) is 35.5 Å². The largest absolute Gasteiger partial charge is 0.494 e. The van der Waals surface area contributed by atoms with Crippen molar-refractivity contribution in [2.24, 2.45) is 0 Å². The van der Waals surface area contributed by atoms with Crippen molar-refractivity contribution in [2.75, 3.05) is 13.2 Å². The zero-order valence-electron chi connectivity index (χ0n) is 40.8. The van der Waals surface area contributed by atoms with Gasteiger partial charge in [0.1, 0.15) is 46.1 Å². The van der Waals surface area contributed by atoms with Crippen molar-refractivity contribution >= 4 is 23.9 Å². The first-order valence-corrected chi connectivity index (χ1v) is 25.2. The molecular weight excluding hydrogens is 895 g/mol. The van der Waals surface area contributed by atoms with Crippen LogP contribution in [0, 0.1) is 11.6 Å². The summed E-state index contributed by atoms with van der Waals surface area (Å²) in [7, 11) is 0. The molecule has 0 N–H and O–H groups in total. The maximum absolute atomic E-state index is 15.1. The van der Waals surface area contributed by atoms with Gasteiger partial charge in [-0.3, -0.25) is 0 Å². The summed E-state index contributed by atoms with van der Waals surface area (Å²) in [6.45, 7) is 5.49. The van der Waals surface area contributed by atoms with E-state index in [1.54, 1.807) is 24.3 Å². The third kappa shape index (κ3) is 19.4. The number of carbonyl (C=O) groups excluding carboxylic acids is 4.